The van der Waals surface area contributed by atoms with Crippen molar-refractivity contribution in [1.82, 2.24) is 20.5 Å². The average molecular weight is 527 g/mol. The van der Waals surface area contributed by atoms with Crippen LogP contribution in [0.1, 0.15) is 58.1 Å². The number of rotatable bonds is 7. The standard InChI is InChI=1S/C23H37N5O.HI/c1-3-24-22(27-20-16-21(29-4-2)23(20)11-7-12-23)26-18-9-14-28(15-10-18)17-19-8-5-6-13-25-19;/h5-6,8,13,18,20-21H,3-4,7,9-12,14-17H2,1-2H3,(H2,24,26,27);1H. The lowest BCUT2D eigenvalue weighted by Crippen LogP contribution is -2.69. The van der Waals surface area contributed by atoms with Gasteiger partial charge in [-0.2, -0.15) is 0 Å². The minimum absolute atomic E-state index is 0. The van der Waals surface area contributed by atoms with Crippen molar-refractivity contribution in [3.8, 4) is 0 Å². The van der Waals surface area contributed by atoms with Crippen molar-refractivity contribution in [2.75, 3.05) is 26.2 Å². The Hall–Kier alpha value is -0.930. The predicted molar refractivity (Wildman–Crippen MR) is 132 cm³/mol. The second-order valence-electron chi connectivity index (χ2n) is 8.80. The van der Waals surface area contributed by atoms with Crippen molar-refractivity contribution in [1.29, 1.82) is 0 Å². The first-order valence-electron chi connectivity index (χ1n) is 11.5. The van der Waals surface area contributed by atoms with Crippen LogP contribution >= 0.6 is 24.0 Å². The molecule has 7 heteroatoms. The number of pyridine rings is 1. The van der Waals surface area contributed by atoms with Crippen molar-refractivity contribution < 1.29 is 4.74 Å². The summed E-state index contributed by atoms with van der Waals surface area (Å²) in [6.45, 7) is 9.01. The Bertz CT molecular complexity index is 673. The lowest BCUT2D eigenvalue weighted by atomic mass is 9.51. The maximum atomic E-state index is 6.01. The Balaban J connectivity index is 0.00000256. The summed E-state index contributed by atoms with van der Waals surface area (Å²) in [6.07, 6.45) is 9.65. The van der Waals surface area contributed by atoms with Crippen molar-refractivity contribution >= 4 is 29.9 Å². The Morgan fingerprint density at radius 1 is 1.23 bits per heavy atom. The van der Waals surface area contributed by atoms with Gasteiger partial charge in [-0.25, -0.2) is 0 Å². The molecule has 168 valence electrons. The maximum Gasteiger partial charge on any atom is 0.191 e. The summed E-state index contributed by atoms with van der Waals surface area (Å²) in [5, 5.41) is 7.50. The zero-order valence-electron chi connectivity index (χ0n) is 18.5. The number of likely N-dealkylation sites (tertiary alicyclic amines) is 1. The van der Waals surface area contributed by atoms with E-state index in [1.54, 1.807) is 0 Å². The molecule has 1 aromatic heterocycles. The van der Waals surface area contributed by atoms with Crippen LogP contribution in [0.5, 0.6) is 0 Å². The zero-order valence-corrected chi connectivity index (χ0v) is 20.8. The van der Waals surface area contributed by atoms with E-state index in [2.05, 4.69) is 46.5 Å². The van der Waals surface area contributed by atoms with E-state index in [1.165, 1.54) is 19.3 Å². The summed E-state index contributed by atoms with van der Waals surface area (Å²) in [6, 6.07) is 7.17. The number of nitrogens with one attached hydrogen (secondary N) is 2. The third-order valence-electron chi connectivity index (χ3n) is 7.10. The molecule has 2 saturated carbocycles. The van der Waals surface area contributed by atoms with Gasteiger partial charge in [0.1, 0.15) is 0 Å². The first-order chi connectivity index (χ1) is 14.2. The van der Waals surface area contributed by atoms with Gasteiger partial charge in [0.05, 0.1) is 11.8 Å². The smallest absolute Gasteiger partial charge is 0.191 e. The molecule has 2 heterocycles. The molecule has 1 spiro atoms. The number of halogens is 1. The Morgan fingerprint density at radius 3 is 2.63 bits per heavy atom. The molecular weight excluding hydrogens is 489 g/mol. The molecule has 3 fully saturated rings. The summed E-state index contributed by atoms with van der Waals surface area (Å²) in [5.74, 6) is 1.00. The molecule has 0 aromatic carbocycles. The molecule has 2 aliphatic carbocycles. The van der Waals surface area contributed by atoms with Crippen LogP contribution < -0.4 is 10.6 Å². The molecule has 0 amide bonds. The predicted octanol–water partition coefficient (Wildman–Crippen LogP) is 3.57. The van der Waals surface area contributed by atoms with E-state index in [0.717, 1.165) is 63.7 Å². The maximum absolute atomic E-state index is 6.01. The minimum atomic E-state index is 0. The highest BCUT2D eigenvalue weighted by Gasteiger charge is 2.59. The van der Waals surface area contributed by atoms with Gasteiger partial charge in [0.2, 0.25) is 0 Å². The third kappa shape index (κ3) is 5.27. The molecule has 6 nitrogen and oxygen atoms in total. The molecule has 0 bridgehead atoms. The highest BCUT2D eigenvalue weighted by atomic mass is 127. The van der Waals surface area contributed by atoms with Gasteiger partial charge in [0.15, 0.2) is 5.96 Å². The van der Waals surface area contributed by atoms with Gasteiger partial charge in [-0.15, -0.1) is 24.0 Å². The van der Waals surface area contributed by atoms with Gasteiger partial charge in [-0.1, -0.05) is 12.5 Å². The fourth-order valence-electron chi connectivity index (χ4n) is 5.25. The average Bonchev–Trinajstić information content (AvgIpc) is 2.68. The molecule has 1 saturated heterocycles. The number of hydrogen-bond donors (Lipinski definition) is 2. The quantitative estimate of drug-likeness (QED) is 0.323. The molecule has 3 aliphatic rings. The number of piperidine rings is 1. The van der Waals surface area contributed by atoms with Crippen LogP contribution in [0.4, 0.5) is 0 Å². The minimum Gasteiger partial charge on any atom is -0.378 e. The van der Waals surface area contributed by atoms with E-state index < -0.39 is 0 Å². The summed E-state index contributed by atoms with van der Waals surface area (Å²) >= 11 is 0. The molecular formula is C23H38IN5O. The second-order valence-corrected chi connectivity index (χ2v) is 8.80. The van der Waals surface area contributed by atoms with Crippen molar-refractivity contribution in [3.63, 3.8) is 0 Å². The normalized spacial score (nSPS) is 26.4. The van der Waals surface area contributed by atoms with Crippen molar-refractivity contribution in [2.24, 2.45) is 10.4 Å². The number of ether oxygens (including phenoxy) is 1. The lowest BCUT2D eigenvalue weighted by Gasteiger charge is -2.61. The number of nitrogens with zero attached hydrogens (tertiary/aromatic N) is 3. The summed E-state index contributed by atoms with van der Waals surface area (Å²) in [5.41, 5.74) is 1.52. The second kappa shape index (κ2) is 11.1. The van der Waals surface area contributed by atoms with Crippen LogP contribution in [-0.4, -0.2) is 60.3 Å². The number of aliphatic imine (C=N–C) groups is 1. The highest BCUT2D eigenvalue weighted by molar-refractivity contribution is 14.0. The summed E-state index contributed by atoms with van der Waals surface area (Å²) in [7, 11) is 0. The molecule has 0 radical (unpaired) electrons. The van der Waals surface area contributed by atoms with Gasteiger partial charge >= 0.3 is 0 Å². The molecule has 4 rings (SSSR count). The van der Waals surface area contributed by atoms with Crippen LogP contribution in [-0.2, 0) is 11.3 Å². The van der Waals surface area contributed by atoms with Crippen molar-refractivity contribution in [2.45, 2.75) is 77.1 Å². The number of aromatic nitrogens is 1. The Morgan fingerprint density at radius 2 is 2.03 bits per heavy atom. The zero-order chi connectivity index (χ0) is 20.1. The van der Waals surface area contributed by atoms with Crippen molar-refractivity contribution in [3.05, 3.63) is 30.1 Å². The van der Waals surface area contributed by atoms with E-state index >= 15 is 0 Å². The van der Waals surface area contributed by atoms with Crippen LogP contribution in [0.3, 0.4) is 0 Å². The van der Waals surface area contributed by atoms with Gasteiger partial charge < -0.3 is 15.4 Å². The number of guanidine groups is 1. The molecule has 1 aliphatic heterocycles. The molecule has 2 atom stereocenters. The van der Waals surface area contributed by atoms with E-state index in [-0.39, 0.29) is 24.0 Å². The molecule has 30 heavy (non-hydrogen) atoms. The van der Waals surface area contributed by atoms with Crippen LogP contribution in [0.2, 0.25) is 0 Å². The molecule has 1 aromatic rings. The molecule has 2 unspecified atom stereocenters. The van der Waals surface area contributed by atoms with Crippen LogP contribution in [0, 0.1) is 5.41 Å². The highest BCUT2D eigenvalue weighted by Crippen LogP contribution is 2.57. The Kier molecular flexibility index (Phi) is 8.77. The van der Waals surface area contributed by atoms with E-state index in [0.29, 0.717) is 23.6 Å². The van der Waals surface area contributed by atoms with E-state index in [4.69, 9.17) is 9.73 Å². The summed E-state index contributed by atoms with van der Waals surface area (Å²) in [4.78, 5) is 11.7. The molecule has 2 N–H and O–H groups in total. The van der Waals surface area contributed by atoms with Gasteiger partial charge in [0, 0.05) is 56.5 Å². The van der Waals surface area contributed by atoms with Gasteiger partial charge in [-0.3, -0.25) is 14.9 Å². The van der Waals surface area contributed by atoms with Gasteiger partial charge in [0.25, 0.3) is 0 Å². The SMILES string of the molecule is CCN=C(NC1CCN(Cc2ccccn2)CC1)NC1CC(OCC)C12CCC2.I. The number of hydrogen-bond acceptors (Lipinski definition) is 4. The monoisotopic (exact) mass is 527 g/mol. The first-order valence-corrected chi connectivity index (χ1v) is 11.5. The van der Waals surface area contributed by atoms with Crippen LogP contribution in [0.15, 0.2) is 29.4 Å². The fraction of sp³-hybridized carbons (Fsp3) is 0.739. The summed E-state index contributed by atoms with van der Waals surface area (Å²) < 4.78 is 6.01. The first kappa shape index (κ1) is 23.7. The Labute approximate surface area is 198 Å². The third-order valence-corrected chi connectivity index (χ3v) is 7.10. The van der Waals surface area contributed by atoms with Crippen LogP contribution in [0.25, 0.3) is 0 Å². The fourth-order valence-corrected chi connectivity index (χ4v) is 5.25. The van der Waals surface area contributed by atoms with E-state index in [9.17, 15) is 0 Å². The lowest BCUT2D eigenvalue weighted by molar-refractivity contribution is -0.168. The van der Waals surface area contributed by atoms with Gasteiger partial charge in [-0.05, 0) is 58.1 Å². The topological polar surface area (TPSA) is 61.8 Å². The largest absolute Gasteiger partial charge is 0.378 e. The van der Waals surface area contributed by atoms with E-state index in [1.807, 2.05) is 12.3 Å².